The summed E-state index contributed by atoms with van der Waals surface area (Å²) in [6.07, 6.45) is 2.31. The molecule has 1 aliphatic rings. The van der Waals surface area contributed by atoms with E-state index in [9.17, 15) is 5.11 Å². The van der Waals surface area contributed by atoms with Crippen LogP contribution < -0.4 is 4.90 Å². The van der Waals surface area contributed by atoms with E-state index in [2.05, 4.69) is 15.0 Å². The molecule has 1 aliphatic heterocycles. The molecule has 1 fully saturated rings. The molecule has 0 radical (unpaired) electrons. The lowest BCUT2D eigenvalue weighted by molar-refractivity contribution is 0.198. The van der Waals surface area contributed by atoms with Crippen LogP contribution in [0.1, 0.15) is 6.42 Å². The summed E-state index contributed by atoms with van der Waals surface area (Å²) in [4.78, 5) is 13.8. The third-order valence-corrected chi connectivity index (χ3v) is 2.71. The number of aromatic amines is 1. The third-order valence-electron chi connectivity index (χ3n) is 2.71. The average Bonchev–Trinajstić information content (AvgIpc) is 2.82. The van der Waals surface area contributed by atoms with Crippen LogP contribution in [0.2, 0.25) is 0 Å². The lowest BCUT2D eigenvalue weighted by Crippen LogP contribution is -2.22. The fraction of sp³-hybridized carbons (Fsp3) is 0.400. The minimum absolute atomic E-state index is 0.230. The number of hydrogen-bond acceptors (Lipinski definition) is 4. The van der Waals surface area contributed by atoms with Crippen molar-refractivity contribution in [3.05, 3.63) is 18.3 Å². The second-order valence-electron chi connectivity index (χ2n) is 3.82. The average molecular weight is 204 g/mol. The second-order valence-corrected chi connectivity index (χ2v) is 3.82. The summed E-state index contributed by atoms with van der Waals surface area (Å²) in [5, 5.41) is 9.44. The first-order chi connectivity index (χ1) is 7.33. The molecule has 1 saturated heterocycles. The van der Waals surface area contributed by atoms with E-state index in [4.69, 9.17) is 0 Å². The molecule has 2 N–H and O–H groups in total. The number of nitrogens with zero attached hydrogens (tertiary/aromatic N) is 3. The standard InChI is InChI=1S/C10H12N4O/c15-7-3-5-14(6-7)10-12-8-2-1-4-11-9(8)13-10/h1-2,4,7,15H,3,5-6H2,(H,11,12,13)/t7-/m0/s1. The number of imidazole rings is 1. The van der Waals surface area contributed by atoms with Gasteiger partial charge in [-0.3, -0.25) is 0 Å². The maximum absolute atomic E-state index is 9.44. The molecule has 0 saturated carbocycles. The molecule has 0 aromatic carbocycles. The minimum atomic E-state index is -0.230. The maximum Gasteiger partial charge on any atom is 0.205 e. The smallest absolute Gasteiger partial charge is 0.205 e. The van der Waals surface area contributed by atoms with E-state index < -0.39 is 0 Å². The number of aliphatic hydroxyl groups is 1. The fourth-order valence-electron chi connectivity index (χ4n) is 1.92. The first-order valence-electron chi connectivity index (χ1n) is 5.07. The van der Waals surface area contributed by atoms with Crippen LogP contribution in [0.15, 0.2) is 18.3 Å². The zero-order chi connectivity index (χ0) is 10.3. The van der Waals surface area contributed by atoms with Gasteiger partial charge in [-0.15, -0.1) is 0 Å². The summed E-state index contributed by atoms with van der Waals surface area (Å²) >= 11 is 0. The number of aromatic nitrogens is 3. The van der Waals surface area contributed by atoms with Gasteiger partial charge in [-0.1, -0.05) is 0 Å². The highest BCUT2D eigenvalue weighted by Gasteiger charge is 2.22. The number of fused-ring (bicyclic) bond motifs is 1. The summed E-state index contributed by atoms with van der Waals surface area (Å²) in [7, 11) is 0. The number of aliphatic hydroxyl groups excluding tert-OH is 1. The summed E-state index contributed by atoms with van der Waals surface area (Å²) in [6.45, 7) is 1.50. The number of H-pyrrole nitrogens is 1. The van der Waals surface area contributed by atoms with Crippen LogP contribution in [0.3, 0.4) is 0 Å². The first kappa shape index (κ1) is 8.67. The molecule has 3 rings (SSSR count). The fourth-order valence-corrected chi connectivity index (χ4v) is 1.92. The third kappa shape index (κ3) is 1.45. The van der Waals surface area contributed by atoms with Crippen molar-refractivity contribution in [2.45, 2.75) is 12.5 Å². The van der Waals surface area contributed by atoms with E-state index in [0.29, 0.717) is 6.54 Å². The Kier molecular flexibility index (Phi) is 1.85. The van der Waals surface area contributed by atoms with Crippen molar-refractivity contribution in [2.24, 2.45) is 0 Å². The number of pyridine rings is 1. The molecule has 5 heteroatoms. The number of β-amino-alcohol motifs (C(OH)–C–C–N with tert-alkyl or cyclic N) is 1. The topological polar surface area (TPSA) is 65.0 Å². The van der Waals surface area contributed by atoms with E-state index >= 15 is 0 Å². The summed E-state index contributed by atoms with van der Waals surface area (Å²) < 4.78 is 0. The molecule has 2 aromatic heterocycles. The second kappa shape index (κ2) is 3.20. The molecular formula is C10H12N4O. The number of rotatable bonds is 1. The van der Waals surface area contributed by atoms with Gasteiger partial charge in [0.15, 0.2) is 5.65 Å². The van der Waals surface area contributed by atoms with Crippen molar-refractivity contribution in [3.8, 4) is 0 Å². The lowest BCUT2D eigenvalue weighted by atomic mass is 10.3. The lowest BCUT2D eigenvalue weighted by Gasteiger charge is -2.12. The van der Waals surface area contributed by atoms with E-state index in [1.165, 1.54) is 0 Å². The number of nitrogens with one attached hydrogen (secondary N) is 1. The van der Waals surface area contributed by atoms with E-state index in [1.54, 1.807) is 6.20 Å². The van der Waals surface area contributed by atoms with Gasteiger partial charge in [0, 0.05) is 19.3 Å². The van der Waals surface area contributed by atoms with Crippen LogP contribution >= 0.6 is 0 Å². The quantitative estimate of drug-likeness (QED) is 0.711. The Labute approximate surface area is 86.8 Å². The van der Waals surface area contributed by atoms with Crippen LogP contribution in [0.25, 0.3) is 11.2 Å². The molecule has 0 bridgehead atoms. The zero-order valence-corrected chi connectivity index (χ0v) is 8.22. The molecule has 0 aliphatic carbocycles. The maximum atomic E-state index is 9.44. The largest absolute Gasteiger partial charge is 0.391 e. The van der Waals surface area contributed by atoms with Crippen LogP contribution in [-0.2, 0) is 0 Å². The Morgan fingerprint density at radius 3 is 3.20 bits per heavy atom. The molecule has 15 heavy (non-hydrogen) atoms. The van der Waals surface area contributed by atoms with E-state index in [1.807, 2.05) is 17.0 Å². The summed E-state index contributed by atoms with van der Waals surface area (Å²) in [6, 6.07) is 3.83. The van der Waals surface area contributed by atoms with E-state index in [-0.39, 0.29) is 6.10 Å². The van der Waals surface area contributed by atoms with E-state index in [0.717, 1.165) is 30.1 Å². The van der Waals surface area contributed by atoms with Gasteiger partial charge in [-0.05, 0) is 18.6 Å². The molecule has 5 nitrogen and oxygen atoms in total. The highest BCUT2D eigenvalue weighted by molar-refractivity contribution is 5.73. The van der Waals surface area contributed by atoms with Gasteiger partial charge in [-0.25, -0.2) is 4.98 Å². The zero-order valence-electron chi connectivity index (χ0n) is 8.22. The predicted molar refractivity (Wildman–Crippen MR) is 56.7 cm³/mol. The molecule has 78 valence electrons. The molecule has 3 heterocycles. The molecule has 1 atom stereocenters. The summed E-state index contributed by atoms with van der Waals surface area (Å²) in [5.74, 6) is 0.806. The first-order valence-corrected chi connectivity index (χ1v) is 5.07. The predicted octanol–water partition coefficient (Wildman–Crippen LogP) is 0.529. The Hall–Kier alpha value is -1.62. The van der Waals surface area contributed by atoms with Crippen molar-refractivity contribution in [1.29, 1.82) is 0 Å². The van der Waals surface area contributed by atoms with Gasteiger partial charge < -0.3 is 15.0 Å². The molecule has 0 spiro atoms. The number of hydrogen-bond donors (Lipinski definition) is 2. The monoisotopic (exact) mass is 204 g/mol. The van der Waals surface area contributed by atoms with Crippen LogP contribution in [-0.4, -0.2) is 39.3 Å². The van der Waals surface area contributed by atoms with Crippen LogP contribution in [0.4, 0.5) is 5.95 Å². The number of anilines is 1. The summed E-state index contributed by atoms with van der Waals surface area (Å²) in [5.41, 5.74) is 1.67. The molecular weight excluding hydrogens is 192 g/mol. The Morgan fingerprint density at radius 2 is 2.47 bits per heavy atom. The highest BCUT2D eigenvalue weighted by Crippen LogP contribution is 2.19. The Bertz CT molecular complexity index is 448. The Balaban J connectivity index is 1.98. The van der Waals surface area contributed by atoms with Crippen molar-refractivity contribution in [3.63, 3.8) is 0 Å². The molecule has 2 aromatic rings. The van der Waals surface area contributed by atoms with Crippen molar-refractivity contribution >= 4 is 17.1 Å². The van der Waals surface area contributed by atoms with Crippen molar-refractivity contribution < 1.29 is 5.11 Å². The highest BCUT2D eigenvalue weighted by atomic mass is 16.3. The molecule has 0 amide bonds. The van der Waals surface area contributed by atoms with Crippen molar-refractivity contribution in [2.75, 3.05) is 18.0 Å². The SMILES string of the molecule is O[C@H]1CCN(c2nc3ncccc3[nH]2)C1. The van der Waals surface area contributed by atoms with Crippen LogP contribution in [0, 0.1) is 0 Å². The van der Waals surface area contributed by atoms with Gasteiger partial charge in [-0.2, -0.15) is 4.98 Å². The van der Waals surface area contributed by atoms with Gasteiger partial charge in [0.25, 0.3) is 0 Å². The normalized spacial score (nSPS) is 21.4. The van der Waals surface area contributed by atoms with Gasteiger partial charge in [0.05, 0.1) is 11.6 Å². The minimum Gasteiger partial charge on any atom is -0.391 e. The van der Waals surface area contributed by atoms with Gasteiger partial charge in [0.2, 0.25) is 5.95 Å². The van der Waals surface area contributed by atoms with Crippen LogP contribution in [0.5, 0.6) is 0 Å². The molecule has 0 unspecified atom stereocenters. The van der Waals surface area contributed by atoms with Gasteiger partial charge in [0.1, 0.15) is 0 Å². The Morgan fingerprint density at radius 1 is 1.53 bits per heavy atom. The van der Waals surface area contributed by atoms with Gasteiger partial charge >= 0.3 is 0 Å². The van der Waals surface area contributed by atoms with Crippen molar-refractivity contribution in [1.82, 2.24) is 15.0 Å².